The van der Waals surface area contributed by atoms with Gasteiger partial charge in [-0.25, -0.2) is 5.01 Å². The maximum absolute atomic E-state index is 11.7. The van der Waals surface area contributed by atoms with Gasteiger partial charge in [-0.1, -0.05) is 0 Å². The highest BCUT2D eigenvalue weighted by Gasteiger charge is 2.49. The van der Waals surface area contributed by atoms with Crippen molar-refractivity contribution >= 4 is 29.1 Å². The number of alkyl halides is 2. The second kappa shape index (κ2) is 3.64. The number of nitrogens with zero attached hydrogens (tertiary/aromatic N) is 2. The summed E-state index contributed by atoms with van der Waals surface area (Å²) in [5.74, 6) is 0.367. The molecule has 0 bridgehead atoms. The van der Waals surface area contributed by atoms with Gasteiger partial charge in [0.25, 0.3) is 5.91 Å². The summed E-state index contributed by atoms with van der Waals surface area (Å²) < 4.78 is 0. The molecule has 0 aromatic rings. The van der Waals surface area contributed by atoms with Crippen molar-refractivity contribution in [3.63, 3.8) is 0 Å². The van der Waals surface area contributed by atoms with Gasteiger partial charge >= 0.3 is 0 Å². The van der Waals surface area contributed by atoms with Crippen LogP contribution in [0.3, 0.4) is 0 Å². The van der Waals surface area contributed by atoms with E-state index in [4.69, 9.17) is 23.2 Å². The van der Waals surface area contributed by atoms with E-state index in [1.165, 1.54) is 0 Å². The van der Waals surface area contributed by atoms with Crippen LogP contribution in [0.25, 0.3) is 0 Å². The van der Waals surface area contributed by atoms with Crippen LogP contribution in [0.15, 0.2) is 0 Å². The molecule has 0 aliphatic carbocycles. The van der Waals surface area contributed by atoms with Gasteiger partial charge in [0.15, 0.2) is 0 Å². The van der Waals surface area contributed by atoms with Crippen LogP contribution in [0, 0.1) is 5.92 Å². The van der Waals surface area contributed by atoms with E-state index in [1.807, 2.05) is 14.1 Å². The molecule has 1 aliphatic rings. The van der Waals surface area contributed by atoms with Gasteiger partial charge < -0.3 is 0 Å². The first-order valence-corrected chi connectivity index (χ1v) is 5.06. The van der Waals surface area contributed by atoms with Gasteiger partial charge in [0, 0.05) is 32.4 Å². The molecule has 2 atom stereocenters. The number of hydrogen-bond acceptors (Lipinski definition) is 2. The Balaban J connectivity index is 2.85. The van der Waals surface area contributed by atoms with Crippen LogP contribution in [-0.2, 0) is 4.79 Å². The standard InChI is InChI=1S/C8H14Cl2N2O/c1-8(10)6(4-9)5-12(7(8)13)11(2)3/h6H,4-5H2,1-3H3. The Morgan fingerprint density at radius 2 is 2.23 bits per heavy atom. The van der Waals surface area contributed by atoms with E-state index >= 15 is 0 Å². The lowest BCUT2D eigenvalue weighted by molar-refractivity contribution is -0.140. The van der Waals surface area contributed by atoms with E-state index in [9.17, 15) is 4.79 Å². The van der Waals surface area contributed by atoms with Crippen LogP contribution in [-0.4, -0.2) is 47.3 Å². The van der Waals surface area contributed by atoms with Crippen LogP contribution in [0.4, 0.5) is 0 Å². The van der Waals surface area contributed by atoms with Crippen molar-refractivity contribution < 1.29 is 4.79 Å². The first kappa shape index (κ1) is 11.1. The van der Waals surface area contributed by atoms with E-state index in [2.05, 4.69) is 0 Å². The molecule has 1 rings (SSSR count). The molecule has 76 valence electrons. The fourth-order valence-corrected chi connectivity index (χ4v) is 2.16. The van der Waals surface area contributed by atoms with Crippen molar-refractivity contribution in [1.29, 1.82) is 0 Å². The molecule has 0 aromatic heterocycles. The zero-order valence-electron chi connectivity index (χ0n) is 8.05. The topological polar surface area (TPSA) is 23.6 Å². The smallest absolute Gasteiger partial charge is 0.258 e. The molecule has 0 saturated carbocycles. The summed E-state index contributed by atoms with van der Waals surface area (Å²) in [4.78, 5) is 10.9. The molecule has 0 N–H and O–H groups in total. The maximum Gasteiger partial charge on any atom is 0.258 e. The molecule has 1 heterocycles. The molecule has 1 saturated heterocycles. The molecule has 0 aromatic carbocycles. The molecule has 1 amide bonds. The van der Waals surface area contributed by atoms with E-state index in [0.29, 0.717) is 12.4 Å². The van der Waals surface area contributed by atoms with E-state index in [0.717, 1.165) is 0 Å². The molecule has 0 spiro atoms. The predicted molar refractivity (Wildman–Crippen MR) is 53.9 cm³/mol. The second-order valence-electron chi connectivity index (χ2n) is 3.66. The minimum atomic E-state index is -0.841. The Labute approximate surface area is 88.5 Å². The minimum Gasteiger partial charge on any atom is -0.274 e. The van der Waals surface area contributed by atoms with Crippen LogP contribution in [0.2, 0.25) is 0 Å². The van der Waals surface area contributed by atoms with Gasteiger partial charge in [0.1, 0.15) is 4.87 Å². The van der Waals surface area contributed by atoms with Gasteiger partial charge in [-0.05, 0) is 6.92 Å². The average molecular weight is 225 g/mol. The zero-order chi connectivity index (χ0) is 10.2. The Morgan fingerprint density at radius 1 is 1.69 bits per heavy atom. The first-order chi connectivity index (χ1) is 5.91. The van der Waals surface area contributed by atoms with Crippen molar-refractivity contribution in [2.24, 2.45) is 5.92 Å². The third kappa shape index (κ3) is 1.78. The van der Waals surface area contributed by atoms with Crippen molar-refractivity contribution in [2.75, 3.05) is 26.5 Å². The van der Waals surface area contributed by atoms with Gasteiger partial charge in [0.05, 0.1) is 0 Å². The Kier molecular flexibility index (Phi) is 3.10. The van der Waals surface area contributed by atoms with Crippen molar-refractivity contribution in [2.45, 2.75) is 11.8 Å². The van der Waals surface area contributed by atoms with E-state index in [-0.39, 0.29) is 11.8 Å². The highest BCUT2D eigenvalue weighted by molar-refractivity contribution is 6.36. The van der Waals surface area contributed by atoms with Crippen molar-refractivity contribution in [1.82, 2.24) is 10.0 Å². The van der Waals surface area contributed by atoms with E-state index < -0.39 is 4.87 Å². The molecule has 5 heteroatoms. The number of hydrogen-bond donors (Lipinski definition) is 0. The summed E-state index contributed by atoms with van der Waals surface area (Å²) in [5.41, 5.74) is 0. The minimum absolute atomic E-state index is 0.0192. The molecule has 1 fully saturated rings. The molecule has 13 heavy (non-hydrogen) atoms. The van der Waals surface area contributed by atoms with Crippen LogP contribution in [0.1, 0.15) is 6.92 Å². The maximum atomic E-state index is 11.7. The fraction of sp³-hybridized carbons (Fsp3) is 0.875. The number of halogens is 2. The van der Waals surface area contributed by atoms with E-state index in [1.54, 1.807) is 16.9 Å². The quantitative estimate of drug-likeness (QED) is 0.658. The van der Waals surface area contributed by atoms with Crippen molar-refractivity contribution in [3.05, 3.63) is 0 Å². The lowest BCUT2D eigenvalue weighted by atomic mass is 9.99. The lowest BCUT2D eigenvalue weighted by Crippen LogP contribution is -2.42. The number of carbonyl (C=O) groups excluding carboxylic acids is 1. The molecule has 2 unspecified atom stereocenters. The van der Waals surface area contributed by atoms with Gasteiger partial charge in [-0.3, -0.25) is 9.80 Å². The summed E-state index contributed by atoms with van der Waals surface area (Å²) in [5, 5.41) is 3.37. The average Bonchev–Trinajstić information content (AvgIpc) is 2.25. The largest absolute Gasteiger partial charge is 0.274 e. The SMILES string of the molecule is CN(C)N1CC(CCl)C(C)(Cl)C1=O. The Bertz CT molecular complexity index is 218. The lowest BCUT2D eigenvalue weighted by Gasteiger charge is -2.24. The van der Waals surface area contributed by atoms with Gasteiger partial charge in [-0.2, -0.15) is 0 Å². The van der Waals surface area contributed by atoms with Crippen LogP contribution < -0.4 is 0 Å². The Hall–Kier alpha value is 0.01000. The number of hydrazine groups is 1. The normalized spacial score (nSPS) is 34.8. The number of rotatable bonds is 2. The first-order valence-electron chi connectivity index (χ1n) is 4.15. The van der Waals surface area contributed by atoms with Crippen LogP contribution >= 0.6 is 23.2 Å². The molecular formula is C8H14Cl2N2O. The highest BCUT2D eigenvalue weighted by atomic mass is 35.5. The molecule has 1 aliphatic heterocycles. The monoisotopic (exact) mass is 224 g/mol. The third-order valence-corrected chi connectivity index (χ3v) is 3.32. The summed E-state index contributed by atoms with van der Waals surface area (Å²) >= 11 is 11.9. The molecule has 0 radical (unpaired) electrons. The highest BCUT2D eigenvalue weighted by Crippen LogP contribution is 2.35. The third-order valence-electron chi connectivity index (χ3n) is 2.48. The molecular weight excluding hydrogens is 211 g/mol. The number of amides is 1. The summed E-state index contributed by atoms with van der Waals surface area (Å²) in [6.45, 7) is 2.34. The fourth-order valence-electron chi connectivity index (χ4n) is 1.43. The Morgan fingerprint density at radius 3 is 2.46 bits per heavy atom. The summed E-state index contributed by atoms with van der Waals surface area (Å²) in [6, 6.07) is 0. The van der Waals surface area contributed by atoms with Crippen molar-refractivity contribution in [3.8, 4) is 0 Å². The zero-order valence-corrected chi connectivity index (χ0v) is 9.56. The summed E-state index contributed by atoms with van der Waals surface area (Å²) in [6.07, 6.45) is 0. The van der Waals surface area contributed by atoms with Gasteiger partial charge in [-0.15, -0.1) is 23.2 Å². The number of carbonyl (C=O) groups is 1. The second-order valence-corrected chi connectivity index (χ2v) is 4.76. The van der Waals surface area contributed by atoms with Gasteiger partial charge in [0.2, 0.25) is 0 Å². The predicted octanol–water partition coefficient (Wildman–Crippen LogP) is 1.16. The molecule has 3 nitrogen and oxygen atoms in total. The summed E-state index contributed by atoms with van der Waals surface area (Å²) in [7, 11) is 3.64. The van der Waals surface area contributed by atoms with Crippen LogP contribution in [0.5, 0.6) is 0 Å².